The Kier molecular flexibility index (Phi) is 7.08. The number of benzene rings is 3. The summed E-state index contributed by atoms with van der Waals surface area (Å²) >= 11 is 6.29. The first-order valence-electron chi connectivity index (χ1n) is 11.4. The van der Waals surface area contributed by atoms with Gasteiger partial charge in [-0.1, -0.05) is 67.1 Å². The molecule has 1 saturated carbocycles. The van der Waals surface area contributed by atoms with Crippen molar-refractivity contribution in [2.24, 2.45) is 11.8 Å². The van der Waals surface area contributed by atoms with Gasteiger partial charge in [0.1, 0.15) is 0 Å². The average molecular weight is 504 g/mol. The maximum atomic E-state index is 13.8. The van der Waals surface area contributed by atoms with Gasteiger partial charge in [0, 0.05) is 0 Å². The Balaban J connectivity index is 1.68. The maximum Gasteiger partial charge on any atom is 0.392 e. The lowest BCUT2D eigenvalue weighted by Gasteiger charge is -2.26. The van der Waals surface area contributed by atoms with Crippen LogP contribution >= 0.6 is 11.6 Å². The van der Waals surface area contributed by atoms with Crippen LogP contribution in [0.2, 0.25) is 5.02 Å². The molecular formula is C27H25ClF3NO3. The largest absolute Gasteiger partial charge is 0.481 e. The van der Waals surface area contributed by atoms with E-state index in [4.69, 9.17) is 11.6 Å². The van der Waals surface area contributed by atoms with Crippen molar-refractivity contribution in [2.75, 3.05) is 5.32 Å². The zero-order valence-electron chi connectivity index (χ0n) is 19.0. The number of fused-ring (bicyclic) bond motifs is 1. The predicted molar refractivity (Wildman–Crippen MR) is 130 cm³/mol. The van der Waals surface area contributed by atoms with Gasteiger partial charge in [-0.15, -0.1) is 0 Å². The summed E-state index contributed by atoms with van der Waals surface area (Å²) in [5.74, 6) is -5.23. The van der Waals surface area contributed by atoms with Crippen molar-refractivity contribution in [1.29, 1.82) is 0 Å². The first-order chi connectivity index (χ1) is 16.5. The predicted octanol–water partition coefficient (Wildman–Crippen LogP) is 7.38. The van der Waals surface area contributed by atoms with Crippen LogP contribution in [0, 0.1) is 11.8 Å². The number of rotatable bonds is 8. The van der Waals surface area contributed by atoms with Gasteiger partial charge >= 0.3 is 12.1 Å². The number of nitrogens with one attached hydrogen (secondary N) is 1. The average Bonchev–Trinajstić information content (AvgIpc) is 3.64. The summed E-state index contributed by atoms with van der Waals surface area (Å²) in [4.78, 5) is 24.7. The van der Waals surface area contributed by atoms with Crippen molar-refractivity contribution in [3.8, 4) is 0 Å². The quantitative estimate of drug-likeness (QED) is 0.337. The van der Waals surface area contributed by atoms with Crippen LogP contribution in [0.3, 0.4) is 0 Å². The summed E-state index contributed by atoms with van der Waals surface area (Å²) in [5.41, 5.74) is 1.12. The smallest absolute Gasteiger partial charge is 0.392 e. The van der Waals surface area contributed by atoms with Crippen LogP contribution in [-0.2, 0) is 9.59 Å². The van der Waals surface area contributed by atoms with Crippen LogP contribution in [0.1, 0.15) is 49.1 Å². The fourth-order valence-electron chi connectivity index (χ4n) is 4.58. The number of carbonyl (C=O) groups is 2. The first kappa shape index (κ1) is 25.0. The second kappa shape index (κ2) is 9.90. The molecule has 4 nitrogen and oxygen atoms in total. The van der Waals surface area contributed by atoms with Gasteiger partial charge in [-0.3, -0.25) is 9.59 Å². The molecule has 0 bridgehead atoms. The zero-order valence-corrected chi connectivity index (χ0v) is 19.7. The summed E-state index contributed by atoms with van der Waals surface area (Å²) in [6.07, 6.45) is -2.84. The Hall–Kier alpha value is -3.06. The van der Waals surface area contributed by atoms with Crippen molar-refractivity contribution in [2.45, 2.75) is 44.2 Å². The number of amides is 1. The number of halogens is 4. The third-order valence-corrected chi connectivity index (χ3v) is 7.02. The molecule has 0 saturated heterocycles. The van der Waals surface area contributed by atoms with E-state index in [-0.39, 0.29) is 34.5 Å². The molecule has 1 fully saturated rings. The van der Waals surface area contributed by atoms with Gasteiger partial charge in [0.25, 0.3) is 0 Å². The highest BCUT2D eigenvalue weighted by Crippen LogP contribution is 2.46. The van der Waals surface area contributed by atoms with E-state index in [1.165, 1.54) is 0 Å². The van der Waals surface area contributed by atoms with Gasteiger partial charge in [0.15, 0.2) is 0 Å². The normalized spacial score (nSPS) is 16.5. The number of anilines is 1. The van der Waals surface area contributed by atoms with Gasteiger partial charge in [-0.05, 0) is 58.7 Å². The Labute approximate surface area is 206 Å². The van der Waals surface area contributed by atoms with E-state index in [1.54, 1.807) is 48.5 Å². The van der Waals surface area contributed by atoms with Crippen molar-refractivity contribution < 1.29 is 27.9 Å². The zero-order chi connectivity index (χ0) is 25.3. The Morgan fingerprint density at radius 3 is 2.31 bits per heavy atom. The summed E-state index contributed by atoms with van der Waals surface area (Å²) < 4.78 is 41.4. The molecule has 0 radical (unpaired) electrons. The van der Waals surface area contributed by atoms with E-state index in [2.05, 4.69) is 5.32 Å². The molecule has 184 valence electrons. The Morgan fingerprint density at radius 2 is 1.69 bits per heavy atom. The molecule has 3 aromatic carbocycles. The van der Waals surface area contributed by atoms with Gasteiger partial charge < -0.3 is 10.4 Å². The van der Waals surface area contributed by atoms with Gasteiger partial charge in [0.2, 0.25) is 5.91 Å². The fourth-order valence-corrected chi connectivity index (χ4v) is 4.75. The van der Waals surface area contributed by atoms with Crippen LogP contribution in [0.5, 0.6) is 0 Å². The van der Waals surface area contributed by atoms with Crippen molar-refractivity contribution in [3.63, 3.8) is 0 Å². The molecule has 3 unspecified atom stereocenters. The third-order valence-electron chi connectivity index (χ3n) is 6.69. The molecule has 2 N–H and O–H groups in total. The van der Waals surface area contributed by atoms with Crippen molar-refractivity contribution in [3.05, 3.63) is 76.8 Å². The van der Waals surface area contributed by atoms with Gasteiger partial charge in [-0.2, -0.15) is 13.2 Å². The number of aliphatic carboxylic acids is 1. The number of carboxylic acid groups (broad SMARTS) is 1. The van der Waals surface area contributed by atoms with Crippen molar-refractivity contribution >= 4 is 39.9 Å². The molecule has 1 amide bonds. The molecule has 4 rings (SSSR count). The molecule has 3 atom stereocenters. The van der Waals surface area contributed by atoms with Crippen LogP contribution in [0.15, 0.2) is 60.7 Å². The number of hydrogen-bond donors (Lipinski definition) is 2. The Morgan fingerprint density at radius 1 is 1.03 bits per heavy atom. The van der Waals surface area contributed by atoms with Crippen LogP contribution in [0.25, 0.3) is 10.8 Å². The molecular weight excluding hydrogens is 479 g/mol. The lowest BCUT2D eigenvalue weighted by atomic mass is 9.84. The minimum atomic E-state index is -4.60. The summed E-state index contributed by atoms with van der Waals surface area (Å²) in [5, 5.41) is 13.7. The minimum absolute atomic E-state index is 0.0650. The highest BCUT2D eigenvalue weighted by atomic mass is 35.5. The van der Waals surface area contributed by atoms with Crippen LogP contribution < -0.4 is 5.32 Å². The monoisotopic (exact) mass is 503 g/mol. The molecule has 0 spiro atoms. The second-order valence-electron chi connectivity index (χ2n) is 9.18. The fraction of sp³-hybridized carbons (Fsp3) is 0.333. The molecule has 3 aromatic rings. The van der Waals surface area contributed by atoms with E-state index >= 15 is 0 Å². The highest BCUT2D eigenvalue weighted by Gasteiger charge is 2.45. The molecule has 8 heteroatoms. The number of hydrogen-bond acceptors (Lipinski definition) is 2. The highest BCUT2D eigenvalue weighted by molar-refractivity contribution is 6.33. The summed E-state index contributed by atoms with van der Waals surface area (Å²) in [7, 11) is 0. The molecule has 35 heavy (non-hydrogen) atoms. The molecule has 0 aromatic heterocycles. The summed E-state index contributed by atoms with van der Waals surface area (Å²) in [6, 6.07) is 16.9. The molecule has 1 aliphatic carbocycles. The van der Waals surface area contributed by atoms with Crippen molar-refractivity contribution in [1.82, 2.24) is 0 Å². The Bertz CT molecular complexity index is 1260. The SMILES string of the molecule is CC(C(C(=O)Nc1cc(C(CC(=O)O)C2CC2)ccc1Cl)c1ccc2ccccc2c1)C(F)(F)F. The van der Waals surface area contributed by atoms with E-state index in [9.17, 15) is 27.9 Å². The third kappa shape index (κ3) is 5.78. The maximum absolute atomic E-state index is 13.8. The molecule has 1 aliphatic rings. The van der Waals surface area contributed by atoms with Crippen LogP contribution in [-0.4, -0.2) is 23.2 Å². The number of carboxylic acids is 1. The van der Waals surface area contributed by atoms with Crippen LogP contribution in [0.4, 0.5) is 18.9 Å². The lowest BCUT2D eigenvalue weighted by molar-refractivity contribution is -0.178. The van der Waals surface area contributed by atoms with Gasteiger partial charge in [0.05, 0.1) is 29.0 Å². The van der Waals surface area contributed by atoms with Gasteiger partial charge in [-0.25, -0.2) is 0 Å². The topological polar surface area (TPSA) is 66.4 Å². The van der Waals surface area contributed by atoms with E-state index < -0.39 is 29.9 Å². The number of carbonyl (C=O) groups excluding carboxylic acids is 1. The minimum Gasteiger partial charge on any atom is -0.481 e. The first-order valence-corrected chi connectivity index (χ1v) is 11.8. The van der Waals surface area contributed by atoms with E-state index in [1.807, 2.05) is 12.1 Å². The molecule has 0 aliphatic heterocycles. The standard InChI is InChI=1S/C27H25ClF3NO3/c1-15(27(29,30)31)25(20-9-6-16-4-2-3-5-18(16)12-20)26(35)32-23-13-19(10-11-22(23)28)21(14-24(33)34)17-7-8-17/h2-6,9-13,15,17,21,25H,7-8,14H2,1H3,(H,32,35)(H,33,34). The van der Waals surface area contributed by atoms with E-state index in [0.717, 1.165) is 30.5 Å². The molecule has 0 heterocycles. The lowest BCUT2D eigenvalue weighted by Crippen LogP contribution is -2.34. The summed E-state index contributed by atoms with van der Waals surface area (Å²) in [6.45, 7) is 0.994. The second-order valence-corrected chi connectivity index (χ2v) is 9.59. The number of alkyl halides is 3. The van der Waals surface area contributed by atoms with E-state index in [0.29, 0.717) is 5.56 Å².